The lowest BCUT2D eigenvalue weighted by atomic mass is 9.98. The van der Waals surface area contributed by atoms with E-state index in [-0.39, 0.29) is 11.8 Å². The van der Waals surface area contributed by atoms with Crippen molar-refractivity contribution in [3.8, 4) is 0 Å². The van der Waals surface area contributed by atoms with Crippen LogP contribution in [0, 0.1) is 5.92 Å². The molecular weight excluding hydrogens is 362 g/mol. The van der Waals surface area contributed by atoms with Crippen LogP contribution in [0.15, 0.2) is 24.3 Å². The van der Waals surface area contributed by atoms with Crippen LogP contribution in [0.2, 0.25) is 5.02 Å². The van der Waals surface area contributed by atoms with E-state index in [1.165, 1.54) is 5.69 Å². The average Bonchev–Trinajstić information content (AvgIpc) is 2.99. The fraction of sp³-hybridized carbons (Fsp3) is 0.524. The van der Waals surface area contributed by atoms with Gasteiger partial charge in [0, 0.05) is 48.8 Å². The molecule has 0 bridgehead atoms. The van der Waals surface area contributed by atoms with Gasteiger partial charge in [-0.25, -0.2) is 0 Å². The number of aryl methyl sites for hydroxylation is 1. The van der Waals surface area contributed by atoms with Crippen molar-refractivity contribution < 1.29 is 9.53 Å². The number of amides is 1. The summed E-state index contributed by atoms with van der Waals surface area (Å²) in [6.45, 7) is 6.53. The summed E-state index contributed by atoms with van der Waals surface area (Å²) < 4.78 is 7.83. The van der Waals surface area contributed by atoms with Crippen molar-refractivity contribution in [2.24, 2.45) is 13.0 Å². The lowest BCUT2D eigenvalue weighted by molar-refractivity contribution is -0.136. The smallest absolute Gasteiger partial charge is 0.225 e. The van der Waals surface area contributed by atoms with Gasteiger partial charge in [0.2, 0.25) is 5.91 Å². The van der Waals surface area contributed by atoms with Gasteiger partial charge in [-0.2, -0.15) is 5.10 Å². The quantitative estimate of drug-likeness (QED) is 0.715. The maximum atomic E-state index is 12.8. The minimum Gasteiger partial charge on any atom is -0.370 e. The SMILES string of the molecule is CCC(CC)C(=O)N1CCc2c(c(COCc3ccc(Cl)cc3)nn2C)C1. The molecule has 0 saturated heterocycles. The van der Waals surface area contributed by atoms with E-state index in [1.807, 2.05) is 40.9 Å². The molecule has 1 aromatic carbocycles. The number of carbonyl (C=O) groups is 1. The second-order valence-corrected chi connectivity index (χ2v) is 7.57. The molecule has 0 N–H and O–H groups in total. The predicted molar refractivity (Wildman–Crippen MR) is 106 cm³/mol. The standard InChI is InChI=1S/C21H28ClN3O2/c1-4-16(5-2)21(26)25-11-10-20-18(12-25)19(23-24(20)3)14-27-13-15-6-8-17(22)9-7-15/h6-9,16H,4-5,10-14H2,1-3H3. The van der Waals surface area contributed by atoms with Crippen molar-refractivity contribution in [3.05, 3.63) is 51.8 Å². The highest BCUT2D eigenvalue weighted by Crippen LogP contribution is 2.25. The molecule has 2 heterocycles. The summed E-state index contributed by atoms with van der Waals surface area (Å²) in [5.41, 5.74) is 4.38. The number of hydrogen-bond acceptors (Lipinski definition) is 3. The van der Waals surface area contributed by atoms with Crippen molar-refractivity contribution >= 4 is 17.5 Å². The average molecular weight is 390 g/mol. The molecule has 0 fully saturated rings. The normalized spacial score (nSPS) is 13.9. The Kier molecular flexibility index (Phi) is 6.55. The molecule has 0 radical (unpaired) electrons. The first-order valence-electron chi connectivity index (χ1n) is 9.68. The predicted octanol–water partition coefficient (Wildman–Crippen LogP) is 4.11. The summed E-state index contributed by atoms with van der Waals surface area (Å²) in [5.74, 6) is 0.385. The Bertz CT molecular complexity index is 781. The molecule has 0 atom stereocenters. The molecule has 0 aliphatic carbocycles. The summed E-state index contributed by atoms with van der Waals surface area (Å²) in [5, 5.41) is 5.37. The highest BCUT2D eigenvalue weighted by molar-refractivity contribution is 6.30. The minimum atomic E-state index is 0.118. The topological polar surface area (TPSA) is 47.4 Å². The number of halogens is 1. The number of fused-ring (bicyclic) bond motifs is 1. The maximum Gasteiger partial charge on any atom is 0.225 e. The Morgan fingerprint density at radius 3 is 2.59 bits per heavy atom. The first kappa shape index (κ1) is 19.9. The molecule has 3 rings (SSSR count). The highest BCUT2D eigenvalue weighted by atomic mass is 35.5. The van der Waals surface area contributed by atoms with Crippen molar-refractivity contribution in [2.75, 3.05) is 6.54 Å². The summed E-state index contributed by atoms with van der Waals surface area (Å²) >= 11 is 5.92. The van der Waals surface area contributed by atoms with Gasteiger partial charge in [0.1, 0.15) is 0 Å². The van der Waals surface area contributed by atoms with Crippen LogP contribution in [-0.2, 0) is 42.8 Å². The third-order valence-electron chi connectivity index (χ3n) is 5.39. The van der Waals surface area contributed by atoms with Gasteiger partial charge < -0.3 is 9.64 Å². The van der Waals surface area contributed by atoms with Crippen molar-refractivity contribution in [2.45, 2.75) is 52.9 Å². The molecule has 5 nitrogen and oxygen atoms in total. The van der Waals surface area contributed by atoms with E-state index >= 15 is 0 Å². The fourth-order valence-electron chi connectivity index (χ4n) is 3.72. The number of rotatable bonds is 7. The van der Waals surface area contributed by atoms with Gasteiger partial charge in [0.05, 0.1) is 18.9 Å². The van der Waals surface area contributed by atoms with Crippen LogP contribution in [0.3, 0.4) is 0 Å². The number of nitrogens with zero attached hydrogens (tertiary/aromatic N) is 3. The Morgan fingerprint density at radius 2 is 1.93 bits per heavy atom. The molecular formula is C21H28ClN3O2. The maximum absolute atomic E-state index is 12.8. The Morgan fingerprint density at radius 1 is 1.22 bits per heavy atom. The van der Waals surface area contributed by atoms with E-state index < -0.39 is 0 Å². The third kappa shape index (κ3) is 4.53. The zero-order valence-corrected chi connectivity index (χ0v) is 17.1. The Hall–Kier alpha value is -1.85. The van der Waals surface area contributed by atoms with Gasteiger partial charge >= 0.3 is 0 Å². The summed E-state index contributed by atoms with van der Waals surface area (Å²) in [4.78, 5) is 14.8. The van der Waals surface area contributed by atoms with Crippen molar-refractivity contribution in [1.29, 1.82) is 0 Å². The first-order valence-corrected chi connectivity index (χ1v) is 10.1. The molecule has 27 heavy (non-hydrogen) atoms. The van der Waals surface area contributed by atoms with Crippen LogP contribution in [-0.4, -0.2) is 27.1 Å². The van der Waals surface area contributed by atoms with Crippen molar-refractivity contribution in [1.82, 2.24) is 14.7 Å². The van der Waals surface area contributed by atoms with Gasteiger partial charge in [0.15, 0.2) is 0 Å². The molecule has 1 amide bonds. The molecule has 0 unspecified atom stereocenters. The molecule has 1 aromatic heterocycles. The molecule has 0 saturated carbocycles. The van der Waals surface area contributed by atoms with Crippen LogP contribution < -0.4 is 0 Å². The number of aromatic nitrogens is 2. The monoisotopic (exact) mass is 389 g/mol. The zero-order chi connectivity index (χ0) is 19.4. The van der Waals surface area contributed by atoms with E-state index in [0.717, 1.165) is 47.7 Å². The van der Waals surface area contributed by atoms with Gasteiger partial charge in [-0.15, -0.1) is 0 Å². The third-order valence-corrected chi connectivity index (χ3v) is 5.64. The van der Waals surface area contributed by atoms with E-state index in [2.05, 4.69) is 18.9 Å². The summed E-state index contributed by atoms with van der Waals surface area (Å²) in [7, 11) is 1.97. The van der Waals surface area contributed by atoms with Gasteiger partial charge in [-0.05, 0) is 30.5 Å². The lowest BCUT2D eigenvalue weighted by Gasteiger charge is -2.30. The summed E-state index contributed by atoms with van der Waals surface area (Å²) in [6, 6.07) is 7.66. The Balaban J connectivity index is 1.66. The second kappa shape index (κ2) is 8.89. The zero-order valence-electron chi connectivity index (χ0n) is 16.4. The number of carbonyl (C=O) groups excluding carboxylic acids is 1. The minimum absolute atomic E-state index is 0.118. The van der Waals surface area contributed by atoms with Gasteiger partial charge in [0.25, 0.3) is 0 Å². The van der Waals surface area contributed by atoms with Crippen molar-refractivity contribution in [3.63, 3.8) is 0 Å². The molecule has 146 valence electrons. The molecule has 0 spiro atoms. The highest BCUT2D eigenvalue weighted by Gasteiger charge is 2.29. The number of ether oxygens (including phenoxy) is 1. The lowest BCUT2D eigenvalue weighted by Crippen LogP contribution is -2.40. The second-order valence-electron chi connectivity index (χ2n) is 7.14. The van der Waals surface area contributed by atoms with Crippen LogP contribution in [0.1, 0.15) is 49.2 Å². The van der Waals surface area contributed by atoms with E-state index in [1.54, 1.807) is 0 Å². The van der Waals surface area contributed by atoms with Crippen LogP contribution in [0.4, 0.5) is 0 Å². The summed E-state index contributed by atoms with van der Waals surface area (Å²) in [6.07, 6.45) is 2.63. The van der Waals surface area contributed by atoms with Crippen LogP contribution in [0.5, 0.6) is 0 Å². The van der Waals surface area contributed by atoms with Crippen LogP contribution >= 0.6 is 11.6 Å². The molecule has 1 aliphatic heterocycles. The largest absolute Gasteiger partial charge is 0.370 e. The van der Waals surface area contributed by atoms with Gasteiger partial charge in [-0.3, -0.25) is 9.48 Å². The number of benzene rings is 1. The first-order chi connectivity index (χ1) is 13.0. The molecule has 6 heteroatoms. The fourth-order valence-corrected chi connectivity index (χ4v) is 3.84. The van der Waals surface area contributed by atoms with E-state index in [9.17, 15) is 4.79 Å². The van der Waals surface area contributed by atoms with E-state index in [4.69, 9.17) is 16.3 Å². The van der Waals surface area contributed by atoms with Crippen LogP contribution in [0.25, 0.3) is 0 Å². The number of hydrogen-bond donors (Lipinski definition) is 0. The van der Waals surface area contributed by atoms with Gasteiger partial charge in [-0.1, -0.05) is 37.6 Å². The molecule has 2 aromatic rings. The van der Waals surface area contributed by atoms with E-state index in [0.29, 0.717) is 19.8 Å². The molecule has 1 aliphatic rings. The Labute approximate surface area is 166 Å².